The van der Waals surface area contributed by atoms with Crippen molar-refractivity contribution in [3.63, 3.8) is 0 Å². The number of nitro benzene ring substituents is 1. The summed E-state index contributed by atoms with van der Waals surface area (Å²) in [5.41, 5.74) is 0.628. The smallest absolute Gasteiger partial charge is 0.358 e. The molecule has 0 atom stereocenters. The monoisotopic (exact) mass is 319 g/mol. The number of carbonyl (C=O) groups is 1. The van der Waals surface area contributed by atoms with Crippen LogP contribution in [0.25, 0.3) is 0 Å². The van der Waals surface area contributed by atoms with E-state index < -0.39 is 15.8 Å². The SMILES string of the molecule is Cc1ccc(NC(=O)CCn2ccc([N+](=O)[O-])n2)c([N+](=O)[O-])c1. The van der Waals surface area contributed by atoms with E-state index in [9.17, 15) is 25.0 Å². The minimum absolute atomic E-state index is 0.0239. The number of nitro groups is 2. The van der Waals surface area contributed by atoms with Gasteiger partial charge in [-0.2, -0.15) is 4.68 Å². The van der Waals surface area contributed by atoms with Crippen LogP contribution in [0.4, 0.5) is 17.2 Å². The second-order valence-corrected chi connectivity index (χ2v) is 4.77. The van der Waals surface area contributed by atoms with Crippen LogP contribution in [-0.2, 0) is 11.3 Å². The van der Waals surface area contributed by atoms with Crippen LogP contribution in [0.15, 0.2) is 30.5 Å². The maximum absolute atomic E-state index is 11.9. The highest BCUT2D eigenvalue weighted by atomic mass is 16.6. The molecule has 23 heavy (non-hydrogen) atoms. The first kappa shape index (κ1) is 16.1. The van der Waals surface area contributed by atoms with Crippen LogP contribution < -0.4 is 5.32 Å². The van der Waals surface area contributed by atoms with Gasteiger partial charge in [-0.3, -0.25) is 14.9 Å². The third-order valence-electron chi connectivity index (χ3n) is 3.01. The average molecular weight is 319 g/mol. The van der Waals surface area contributed by atoms with E-state index in [0.29, 0.717) is 5.56 Å². The maximum Gasteiger partial charge on any atom is 0.389 e. The molecule has 0 aliphatic carbocycles. The lowest BCUT2D eigenvalue weighted by atomic mass is 10.2. The quantitative estimate of drug-likeness (QED) is 0.639. The molecule has 2 rings (SSSR count). The minimum Gasteiger partial charge on any atom is -0.358 e. The van der Waals surface area contributed by atoms with Gasteiger partial charge in [0.05, 0.1) is 28.8 Å². The van der Waals surface area contributed by atoms with E-state index in [1.807, 2.05) is 0 Å². The topological polar surface area (TPSA) is 133 Å². The molecule has 0 fully saturated rings. The second kappa shape index (κ2) is 6.64. The van der Waals surface area contributed by atoms with Gasteiger partial charge in [-0.25, -0.2) is 0 Å². The van der Waals surface area contributed by atoms with Crippen molar-refractivity contribution in [2.24, 2.45) is 0 Å². The largest absolute Gasteiger partial charge is 0.389 e. The first-order valence-corrected chi connectivity index (χ1v) is 6.59. The van der Waals surface area contributed by atoms with Gasteiger partial charge in [0.1, 0.15) is 5.69 Å². The number of aromatic nitrogens is 2. The van der Waals surface area contributed by atoms with Crippen molar-refractivity contribution in [1.82, 2.24) is 9.78 Å². The van der Waals surface area contributed by atoms with Crippen molar-refractivity contribution in [1.29, 1.82) is 0 Å². The van der Waals surface area contributed by atoms with Crippen molar-refractivity contribution in [3.05, 3.63) is 56.3 Å². The molecule has 0 radical (unpaired) electrons. The highest BCUT2D eigenvalue weighted by molar-refractivity contribution is 5.93. The number of carbonyl (C=O) groups excluding carboxylic acids is 1. The molecule has 1 amide bonds. The summed E-state index contributed by atoms with van der Waals surface area (Å²) in [4.78, 5) is 32.2. The number of amides is 1. The highest BCUT2D eigenvalue weighted by Gasteiger charge is 2.17. The number of rotatable bonds is 6. The summed E-state index contributed by atoms with van der Waals surface area (Å²) in [5, 5.41) is 27.6. The summed E-state index contributed by atoms with van der Waals surface area (Å²) in [7, 11) is 0. The van der Waals surface area contributed by atoms with Crippen LogP contribution >= 0.6 is 0 Å². The van der Waals surface area contributed by atoms with Crippen molar-refractivity contribution in [2.45, 2.75) is 19.9 Å². The van der Waals surface area contributed by atoms with Crippen LogP contribution in [-0.4, -0.2) is 25.5 Å². The fourth-order valence-corrected chi connectivity index (χ4v) is 1.90. The molecule has 1 aromatic heterocycles. The standard InChI is InChI=1S/C13H13N5O5/c1-9-2-3-10(11(8-9)17(20)21)14-13(19)5-7-16-6-4-12(15-16)18(22)23/h2-4,6,8H,5,7H2,1H3,(H,14,19). The maximum atomic E-state index is 11.9. The number of nitrogens with one attached hydrogen (secondary N) is 1. The first-order chi connectivity index (χ1) is 10.9. The molecule has 0 aliphatic heterocycles. The third kappa shape index (κ3) is 4.09. The van der Waals surface area contributed by atoms with Crippen LogP contribution in [0.2, 0.25) is 0 Å². The van der Waals surface area contributed by atoms with Gasteiger partial charge in [-0.05, 0) is 23.5 Å². The Balaban J connectivity index is 1.99. The summed E-state index contributed by atoms with van der Waals surface area (Å²) < 4.78 is 1.27. The Hall–Kier alpha value is -3.30. The molecular weight excluding hydrogens is 306 g/mol. The average Bonchev–Trinajstić information content (AvgIpc) is 2.96. The lowest BCUT2D eigenvalue weighted by molar-refractivity contribution is -0.389. The van der Waals surface area contributed by atoms with Crippen molar-refractivity contribution >= 4 is 23.1 Å². The Morgan fingerprint density at radius 1 is 1.26 bits per heavy atom. The predicted molar refractivity (Wildman–Crippen MR) is 80.0 cm³/mol. The molecule has 0 unspecified atom stereocenters. The summed E-state index contributed by atoms with van der Waals surface area (Å²) in [6.45, 7) is 1.84. The predicted octanol–water partition coefficient (Wildman–Crippen LogP) is 2.04. The van der Waals surface area contributed by atoms with Gasteiger partial charge in [0, 0.05) is 12.5 Å². The zero-order chi connectivity index (χ0) is 17.0. The van der Waals surface area contributed by atoms with Crippen LogP contribution in [0.1, 0.15) is 12.0 Å². The van der Waals surface area contributed by atoms with E-state index in [1.54, 1.807) is 13.0 Å². The minimum atomic E-state index is -0.633. The Bertz CT molecular complexity index is 770. The van der Waals surface area contributed by atoms with Crippen LogP contribution in [0, 0.1) is 27.2 Å². The van der Waals surface area contributed by atoms with Gasteiger partial charge in [-0.15, -0.1) is 0 Å². The molecule has 1 aromatic carbocycles. The summed E-state index contributed by atoms with van der Waals surface area (Å²) in [5.74, 6) is -0.755. The summed E-state index contributed by atoms with van der Waals surface area (Å²) in [6.07, 6.45) is 1.36. The molecule has 1 heterocycles. The molecule has 10 nitrogen and oxygen atoms in total. The van der Waals surface area contributed by atoms with Gasteiger partial charge in [0.2, 0.25) is 5.91 Å². The Kier molecular flexibility index (Phi) is 4.64. The molecule has 2 aromatic rings. The zero-order valence-corrected chi connectivity index (χ0v) is 12.1. The molecule has 120 valence electrons. The van der Waals surface area contributed by atoms with E-state index in [0.717, 1.165) is 0 Å². The van der Waals surface area contributed by atoms with E-state index in [4.69, 9.17) is 0 Å². The van der Waals surface area contributed by atoms with Crippen LogP contribution in [0.3, 0.4) is 0 Å². The molecule has 0 bridgehead atoms. The van der Waals surface area contributed by atoms with Crippen molar-refractivity contribution in [2.75, 3.05) is 5.32 Å². The lowest BCUT2D eigenvalue weighted by Crippen LogP contribution is -2.15. The van der Waals surface area contributed by atoms with E-state index in [-0.39, 0.29) is 30.2 Å². The molecule has 10 heteroatoms. The molecule has 0 spiro atoms. The van der Waals surface area contributed by atoms with E-state index in [2.05, 4.69) is 10.4 Å². The van der Waals surface area contributed by atoms with Crippen molar-refractivity contribution in [3.8, 4) is 0 Å². The number of benzene rings is 1. The number of hydrogen-bond acceptors (Lipinski definition) is 6. The molecule has 0 saturated carbocycles. The number of nitrogens with zero attached hydrogens (tertiary/aromatic N) is 4. The van der Waals surface area contributed by atoms with Gasteiger partial charge in [0.15, 0.2) is 0 Å². The summed E-state index contributed by atoms with van der Waals surface area (Å²) >= 11 is 0. The van der Waals surface area contributed by atoms with E-state index in [1.165, 1.54) is 29.1 Å². The fourth-order valence-electron chi connectivity index (χ4n) is 1.90. The second-order valence-electron chi connectivity index (χ2n) is 4.77. The lowest BCUT2D eigenvalue weighted by Gasteiger charge is -2.06. The molecule has 0 aliphatic rings. The van der Waals surface area contributed by atoms with Gasteiger partial charge < -0.3 is 15.4 Å². The number of anilines is 1. The molecule has 1 N–H and O–H groups in total. The fraction of sp³-hybridized carbons (Fsp3) is 0.231. The first-order valence-electron chi connectivity index (χ1n) is 6.59. The summed E-state index contributed by atoms with van der Waals surface area (Å²) in [6, 6.07) is 5.71. The van der Waals surface area contributed by atoms with Gasteiger partial charge in [-0.1, -0.05) is 6.07 Å². The number of aryl methyl sites for hydroxylation is 2. The molecular formula is C13H13N5O5. The Morgan fingerprint density at radius 2 is 2.00 bits per heavy atom. The highest BCUT2D eigenvalue weighted by Crippen LogP contribution is 2.25. The zero-order valence-electron chi connectivity index (χ0n) is 12.1. The van der Waals surface area contributed by atoms with E-state index >= 15 is 0 Å². The van der Waals surface area contributed by atoms with Gasteiger partial charge in [0.25, 0.3) is 5.69 Å². The Labute approximate surface area is 130 Å². The van der Waals surface area contributed by atoms with Crippen molar-refractivity contribution < 1.29 is 14.6 Å². The third-order valence-corrected chi connectivity index (χ3v) is 3.01. The Morgan fingerprint density at radius 3 is 2.61 bits per heavy atom. The number of hydrogen-bond donors (Lipinski definition) is 1. The molecule has 0 saturated heterocycles. The van der Waals surface area contributed by atoms with Gasteiger partial charge >= 0.3 is 5.82 Å². The normalized spacial score (nSPS) is 10.3. The van der Waals surface area contributed by atoms with Crippen LogP contribution in [0.5, 0.6) is 0 Å².